The fourth-order valence-corrected chi connectivity index (χ4v) is 2.00. The quantitative estimate of drug-likeness (QED) is 0.801. The maximum absolute atomic E-state index is 13.6. The lowest BCUT2D eigenvalue weighted by Crippen LogP contribution is -2.13. The van der Waals surface area contributed by atoms with Gasteiger partial charge in [-0.3, -0.25) is 4.79 Å². The molecule has 1 aromatic heterocycles. The summed E-state index contributed by atoms with van der Waals surface area (Å²) in [6.45, 7) is 0. The highest BCUT2D eigenvalue weighted by atomic mass is 19.1. The van der Waals surface area contributed by atoms with Gasteiger partial charge in [0.25, 0.3) is 5.91 Å². The summed E-state index contributed by atoms with van der Waals surface area (Å²) in [6.07, 6.45) is 5.14. The van der Waals surface area contributed by atoms with Gasteiger partial charge < -0.3 is 9.88 Å². The van der Waals surface area contributed by atoms with E-state index in [1.165, 1.54) is 12.1 Å². The summed E-state index contributed by atoms with van der Waals surface area (Å²) in [5.74, 6) is -1.02. The number of amides is 1. The number of aromatic nitrogens is 2. The van der Waals surface area contributed by atoms with Crippen molar-refractivity contribution in [2.45, 2.75) is 0 Å². The Balaban J connectivity index is 1.84. The highest BCUT2D eigenvalue weighted by molar-refractivity contribution is 6.04. The minimum atomic E-state index is -0.541. The summed E-state index contributed by atoms with van der Waals surface area (Å²) in [5, 5.41) is 2.69. The number of hydrogen-bond acceptors (Lipinski definition) is 2. The highest BCUT2D eigenvalue weighted by Crippen LogP contribution is 2.16. The Hall–Kier alpha value is -2.95. The van der Waals surface area contributed by atoms with Crippen LogP contribution in [0.25, 0.3) is 5.69 Å². The first-order valence-corrected chi connectivity index (χ1v) is 6.38. The van der Waals surface area contributed by atoms with Crippen LogP contribution < -0.4 is 5.32 Å². The second kappa shape index (κ2) is 5.58. The molecule has 0 saturated carbocycles. The van der Waals surface area contributed by atoms with Gasteiger partial charge in [0, 0.05) is 23.8 Å². The number of nitrogens with one attached hydrogen (secondary N) is 1. The monoisotopic (exact) mass is 281 g/mol. The van der Waals surface area contributed by atoms with Crippen LogP contribution in [0, 0.1) is 5.82 Å². The predicted molar refractivity (Wildman–Crippen MR) is 77.9 cm³/mol. The summed E-state index contributed by atoms with van der Waals surface area (Å²) < 4.78 is 15.4. The summed E-state index contributed by atoms with van der Waals surface area (Å²) in [4.78, 5) is 16.0. The maximum Gasteiger partial charge on any atom is 0.258 e. The molecule has 1 N–H and O–H groups in total. The Bertz CT molecular complexity index is 769. The number of imidazole rings is 1. The molecule has 1 heterocycles. The zero-order valence-electron chi connectivity index (χ0n) is 11.0. The van der Waals surface area contributed by atoms with Gasteiger partial charge in [0.05, 0.1) is 11.9 Å². The summed E-state index contributed by atoms with van der Waals surface area (Å²) in [6, 6.07) is 13.1. The average Bonchev–Trinajstić information content (AvgIpc) is 3.02. The molecule has 21 heavy (non-hydrogen) atoms. The predicted octanol–water partition coefficient (Wildman–Crippen LogP) is 3.26. The van der Waals surface area contributed by atoms with E-state index in [2.05, 4.69) is 10.3 Å². The first-order chi connectivity index (χ1) is 10.2. The molecule has 1 amide bonds. The van der Waals surface area contributed by atoms with Gasteiger partial charge in [-0.2, -0.15) is 0 Å². The summed E-state index contributed by atoms with van der Waals surface area (Å²) in [7, 11) is 0. The number of anilines is 1. The maximum atomic E-state index is 13.6. The summed E-state index contributed by atoms with van der Waals surface area (Å²) >= 11 is 0. The fourth-order valence-electron chi connectivity index (χ4n) is 2.00. The molecule has 0 bridgehead atoms. The van der Waals surface area contributed by atoms with Crippen LogP contribution in [0.1, 0.15) is 10.4 Å². The Kier molecular flexibility index (Phi) is 3.47. The molecule has 0 unspecified atom stereocenters. The minimum Gasteiger partial charge on any atom is -0.322 e. The molecule has 0 saturated heterocycles. The van der Waals surface area contributed by atoms with Gasteiger partial charge in [0.15, 0.2) is 0 Å². The summed E-state index contributed by atoms with van der Waals surface area (Å²) in [5.41, 5.74) is 1.47. The van der Waals surface area contributed by atoms with Gasteiger partial charge in [0.1, 0.15) is 5.82 Å². The van der Waals surface area contributed by atoms with Gasteiger partial charge in [-0.15, -0.1) is 0 Å². The molecular weight excluding hydrogens is 269 g/mol. The van der Waals surface area contributed by atoms with E-state index >= 15 is 0 Å². The van der Waals surface area contributed by atoms with E-state index in [4.69, 9.17) is 0 Å². The zero-order valence-corrected chi connectivity index (χ0v) is 11.0. The first-order valence-electron chi connectivity index (χ1n) is 6.38. The smallest absolute Gasteiger partial charge is 0.258 e. The van der Waals surface area contributed by atoms with Crippen molar-refractivity contribution in [3.63, 3.8) is 0 Å². The van der Waals surface area contributed by atoms with Crippen molar-refractivity contribution >= 4 is 11.6 Å². The van der Waals surface area contributed by atoms with E-state index in [1.54, 1.807) is 43.0 Å². The Morgan fingerprint density at radius 1 is 1.14 bits per heavy atom. The van der Waals surface area contributed by atoms with Crippen LogP contribution in [0.15, 0.2) is 67.3 Å². The van der Waals surface area contributed by atoms with Crippen LogP contribution in [-0.2, 0) is 0 Å². The van der Waals surface area contributed by atoms with Gasteiger partial charge in [0.2, 0.25) is 0 Å². The van der Waals surface area contributed by atoms with Crippen LogP contribution in [-0.4, -0.2) is 15.5 Å². The van der Waals surface area contributed by atoms with Crippen molar-refractivity contribution in [1.29, 1.82) is 0 Å². The number of benzene rings is 2. The minimum absolute atomic E-state index is 0.0190. The lowest BCUT2D eigenvalue weighted by molar-refractivity contribution is 0.102. The third kappa shape index (κ3) is 2.81. The number of hydrogen-bond donors (Lipinski definition) is 1. The van der Waals surface area contributed by atoms with Crippen molar-refractivity contribution in [2.75, 3.05) is 5.32 Å². The molecule has 0 fully saturated rings. The molecule has 0 aliphatic rings. The Morgan fingerprint density at radius 3 is 2.76 bits per heavy atom. The van der Waals surface area contributed by atoms with E-state index in [0.29, 0.717) is 5.69 Å². The Labute approximate surface area is 120 Å². The average molecular weight is 281 g/mol. The van der Waals surface area contributed by atoms with Crippen LogP contribution in [0.5, 0.6) is 0 Å². The fraction of sp³-hybridized carbons (Fsp3) is 0. The number of carbonyl (C=O) groups excluding carboxylic acids is 1. The lowest BCUT2D eigenvalue weighted by Gasteiger charge is -2.08. The number of halogens is 1. The zero-order chi connectivity index (χ0) is 14.7. The first kappa shape index (κ1) is 13.1. The normalized spacial score (nSPS) is 10.3. The molecule has 5 heteroatoms. The highest BCUT2D eigenvalue weighted by Gasteiger charge is 2.11. The van der Waals surface area contributed by atoms with Crippen LogP contribution in [0.3, 0.4) is 0 Å². The van der Waals surface area contributed by atoms with E-state index in [1.807, 2.05) is 16.7 Å². The molecule has 0 spiro atoms. The molecule has 0 aliphatic carbocycles. The molecule has 0 aliphatic heterocycles. The molecule has 0 radical (unpaired) electrons. The van der Waals surface area contributed by atoms with Crippen LogP contribution >= 0.6 is 0 Å². The third-order valence-corrected chi connectivity index (χ3v) is 3.03. The molecule has 104 valence electrons. The topological polar surface area (TPSA) is 46.9 Å². The standard InChI is InChI=1S/C16H12FN3O/c17-15-7-2-1-6-14(15)16(21)19-12-4-3-5-13(10-12)20-9-8-18-11-20/h1-11H,(H,19,21). The van der Waals surface area contributed by atoms with Crippen molar-refractivity contribution < 1.29 is 9.18 Å². The van der Waals surface area contributed by atoms with E-state index < -0.39 is 11.7 Å². The molecule has 2 aromatic carbocycles. The molecule has 0 atom stereocenters. The van der Waals surface area contributed by atoms with Crippen molar-refractivity contribution in [2.24, 2.45) is 0 Å². The van der Waals surface area contributed by atoms with Crippen LogP contribution in [0.2, 0.25) is 0 Å². The Morgan fingerprint density at radius 2 is 2.00 bits per heavy atom. The molecule has 3 aromatic rings. The lowest BCUT2D eigenvalue weighted by atomic mass is 10.2. The van der Waals surface area contributed by atoms with Crippen molar-refractivity contribution in [3.05, 3.63) is 78.6 Å². The van der Waals surface area contributed by atoms with Crippen LogP contribution in [0.4, 0.5) is 10.1 Å². The molecular formula is C16H12FN3O. The van der Waals surface area contributed by atoms with Gasteiger partial charge in [-0.1, -0.05) is 18.2 Å². The SMILES string of the molecule is O=C(Nc1cccc(-n2ccnc2)c1)c1ccccc1F. The van der Waals surface area contributed by atoms with Gasteiger partial charge >= 0.3 is 0 Å². The number of nitrogens with zero attached hydrogens (tertiary/aromatic N) is 2. The van der Waals surface area contributed by atoms with E-state index in [0.717, 1.165) is 5.69 Å². The van der Waals surface area contributed by atoms with Gasteiger partial charge in [-0.05, 0) is 30.3 Å². The molecule has 4 nitrogen and oxygen atoms in total. The van der Waals surface area contributed by atoms with Gasteiger partial charge in [-0.25, -0.2) is 9.37 Å². The van der Waals surface area contributed by atoms with Crippen molar-refractivity contribution in [3.8, 4) is 5.69 Å². The second-order valence-corrected chi connectivity index (χ2v) is 4.45. The number of rotatable bonds is 3. The largest absolute Gasteiger partial charge is 0.322 e. The van der Waals surface area contributed by atoms with Crippen molar-refractivity contribution in [1.82, 2.24) is 9.55 Å². The third-order valence-electron chi connectivity index (χ3n) is 3.03. The number of carbonyl (C=O) groups is 1. The van der Waals surface area contributed by atoms with E-state index in [-0.39, 0.29) is 5.56 Å². The molecule has 3 rings (SSSR count). The van der Waals surface area contributed by atoms with E-state index in [9.17, 15) is 9.18 Å². The second-order valence-electron chi connectivity index (χ2n) is 4.45.